The Morgan fingerprint density at radius 2 is 2.33 bits per heavy atom. The van der Waals surface area contributed by atoms with Gasteiger partial charge in [0.25, 0.3) is 5.91 Å². The van der Waals surface area contributed by atoms with E-state index in [1.165, 1.54) is 19.4 Å². The minimum Gasteiger partial charge on any atom is -0.368 e. The van der Waals surface area contributed by atoms with Crippen LogP contribution in [-0.4, -0.2) is 48.5 Å². The average Bonchev–Trinajstić information content (AvgIpc) is 2.91. The summed E-state index contributed by atoms with van der Waals surface area (Å²) < 4.78 is 0. The van der Waals surface area contributed by atoms with Crippen molar-refractivity contribution in [3.8, 4) is 0 Å². The number of carbonyl (C=O) groups is 1. The molecule has 0 saturated carbocycles. The third kappa shape index (κ3) is 4.17. The molecule has 2 N–H and O–H groups in total. The number of hydrogen-bond acceptors (Lipinski definition) is 4. The Bertz CT molecular complexity index is 475. The fourth-order valence-corrected chi connectivity index (χ4v) is 2.91. The highest BCUT2D eigenvalue weighted by Gasteiger charge is 2.25. The van der Waals surface area contributed by atoms with Crippen molar-refractivity contribution in [1.82, 2.24) is 15.2 Å². The van der Waals surface area contributed by atoms with E-state index in [0.29, 0.717) is 23.3 Å². The topological polar surface area (TPSA) is 57.3 Å². The van der Waals surface area contributed by atoms with E-state index in [-0.39, 0.29) is 5.91 Å². The second-order valence-corrected chi connectivity index (χ2v) is 6.04. The fourth-order valence-electron chi connectivity index (χ4n) is 2.91. The summed E-state index contributed by atoms with van der Waals surface area (Å²) in [6, 6.07) is 4.12. The van der Waals surface area contributed by atoms with E-state index < -0.39 is 0 Å². The summed E-state index contributed by atoms with van der Waals surface area (Å²) in [5.41, 5.74) is 0.605. The molecule has 0 unspecified atom stereocenters. The van der Waals surface area contributed by atoms with Crippen molar-refractivity contribution >= 4 is 11.7 Å². The van der Waals surface area contributed by atoms with Gasteiger partial charge < -0.3 is 10.6 Å². The summed E-state index contributed by atoms with van der Waals surface area (Å²) in [6.07, 6.45) is 4.18. The first-order valence-corrected chi connectivity index (χ1v) is 7.76. The Labute approximate surface area is 127 Å². The first-order valence-electron chi connectivity index (χ1n) is 7.76. The van der Waals surface area contributed by atoms with Gasteiger partial charge in [-0.1, -0.05) is 13.8 Å². The van der Waals surface area contributed by atoms with Crippen molar-refractivity contribution in [1.29, 1.82) is 0 Å². The van der Waals surface area contributed by atoms with E-state index in [1.807, 2.05) is 0 Å². The van der Waals surface area contributed by atoms with Gasteiger partial charge in [0.2, 0.25) is 0 Å². The number of anilines is 1. The Morgan fingerprint density at radius 1 is 1.52 bits per heavy atom. The van der Waals surface area contributed by atoms with Crippen molar-refractivity contribution in [3.05, 3.63) is 23.9 Å². The molecular weight excluding hydrogens is 264 g/mol. The van der Waals surface area contributed by atoms with Gasteiger partial charge in [0.05, 0.1) is 5.56 Å². The van der Waals surface area contributed by atoms with Crippen LogP contribution >= 0.6 is 0 Å². The highest BCUT2D eigenvalue weighted by Crippen LogP contribution is 2.20. The van der Waals surface area contributed by atoms with Crippen molar-refractivity contribution in [2.45, 2.75) is 32.7 Å². The molecule has 1 fully saturated rings. The van der Waals surface area contributed by atoms with Crippen molar-refractivity contribution in [2.24, 2.45) is 5.92 Å². The molecule has 1 aromatic rings. The fraction of sp³-hybridized carbons (Fsp3) is 0.625. The Morgan fingerprint density at radius 3 is 3.05 bits per heavy atom. The molecule has 116 valence electrons. The number of nitrogens with zero attached hydrogens (tertiary/aromatic N) is 2. The van der Waals surface area contributed by atoms with Crippen LogP contribution in [0.4, 0.5) is 5.82 Å². The zero-order valence-corrected chi connectivity index (χ0v) is 13.2. The lowest BCUT2D eigenvalue weighted by atomic mass is 10.1. The largest absolute Gasteiger partial charge is 0.368 e. The SMILES string of the molecule is CNC(=O)c1cccnc1NC[C@H]1CCCN1CC(C)C. The lowest BCUT2D eigenvalue weighted by molar-refractivity contribution is 0.0963. The van der Waals surface area contributed by atoms with Crippen LogP contribution in [0.15, 0.2) is 18.3 Å². The third-order valence-corrected chi connectivity index (χ3v) is 3.88. The molecule has 1 saturated heterocycles. The van der Waals surface area contributed by atoms with Gasteiger partial charge in [-0.2, -0.15) is 0 Å². The monoisotopic (exact) mass is 290 g/mol. The van der Waals surface area contributed by atoms with E-state index in [9.17, 15) is 4.79 Å². The lowest BCUT2D eigenvalue weighted by Gasteiger charge is -2.26. The minimum absolute atomic E-state index is 0.101. The van der Waals surface area contributed by atoms with Gasteiger partial charge in [-0.3, -0.25) is 9.69 Å². The molecule has 0 radical (unpaired) electrons. The Hall–Kier alpha value is -1.62. The zero-order chi connectivity index (χ0) is 15.2. The van der Waals surface area contributed by atoms with Crippen LogP contribution in [0.1, 0.15) is 37.0 Å². The highest BCUT2D eigenvalue weighted by atomic mass is 16.1. The van der Waals surface area contributed by atoms with Crippen molar-refractivity contribution in [3.63, 3.8) is 0 Å². The molecule has 1 aromatic heterocycles. The second-order valence-electron chi connectivity index (χ2n) is 6.04. The number of pyridine rings is 1. The van der Waals surface area contributed by atoms with Crippen LogP contribution in [0.3, 0.4) is 0 Å². The number of aromatic nitrogens is 1. The lowest BCUT2D eigenvalue weighted by Crippen LogP contribution is -2.37. The first-order chi connectivity index (χ1) is 10.1. The molecule has 1 atom stereocenters. The summed E-state index contributed by atoms with van der Waals surface area (Å²) >= 11 is 0. The van der Waals surface area contributed by atoms with E-state index in [1.54, 1.807) is 25.4 Å². The van der Waals surface area contributed by atoms with Crippen LogP contribution < -0.4 is 10.6 Å². The molecule has 0 aromatic carbocycles. The zero-order valence-electron chi connectivity index (χ0n) is 13.2. The molecule has 21 heavy (non-hydrogen) atoms. The molecule has 1 aliphatic rings. The number of nitrogens with one attached hydrogen (secondary N) is 2. The van der Waals surface area contributed by atoms with Crippen LogP contribution in [0, 0.1) is 5.92 Å². The average molecular weight is 290 g/mol. The number of hydrogen-bond donors (Lipinski definition) is 2. The molecule has 5 heteroatoms. The standard InChI is InChI=1S/C16H26N4O/c1-12(2)11-20-9-5-6-13(20)10-19-15-14(16(21)17-3)7-4-8-18-15/h4,7-8,12-13H,5-6,9-11H2,1-3H3,(H,17,21)(H,18,19)/t13-/m1/s1. The number of likely N-dealkylation sites (tertiary alicyclic amines) is 1. The van der Waals surface area contributed by atoms with E-state index in [2.05, 4.69) is 34.4 Å². The van der Waals surface area contributed by atoms with Crippen LogP contribution in [-0.2, 0) is 0 Å². The van der Waals surface area contributed by atoms with Gasteiger partial charge >= 0.3 is 0 Å². The van der Waals surface area contributed by atoms with Gasteiger partial charge in [-0.15, -0.1) is 0 Å². The molecule has 5 nitrogen and oxygen atoms in total. The van der Waals surface area contributed by atoms with Gasteiger partial charge in [0, 0.05) is 32.4 Å². The molecule has 0 bridgehead atoms. The van der Waals surface area contributed by atoms with E-state index >= 15 is 0 Å². The van der Waals surface area contributed by atoms with Gasteiger partial charge in [0.1, 0.15) is 5.82 Å². The Kier molecular flexibility index (Phi) is 5.56. The first kappa shape index (κ1) is 15.8. The van der Waals surface area contributed by atoms with Crippen molar-refractivity contribution in [2.75, 3.05) is 32.0 Å². The quantitative estimate of drug-likeness (QED) is 0.841. The maximum Gasteiger partial charge on any atom is 0.254 e. The minimum atomic E-state index is -0.101. The molecule has 0 aliphatic carbocycles. The summed E-state index contributed by atoms with van der Waals surface area (Å²) in [5, 5.41) is 6.02. The summed E-state index contributed by atoms with van der Waals surface area (Å²) in [6.45, 7) is 7.66. The van der Waals surface area contributed by atoms with E-state index in [4.69, 9.17) is 0 Å². The summed E-state index contributed by atoms with van der Waals surface area (Å²) in [4.78, 5) is 18.7. The molecule has 2 rings (SSSR count). The number of carbonyl (C=O) groups excluding carboxylic acids is 1. The highest BCUT2D eigenvalue weighted by molar-refractivity contribution is 5.98. The molecule has 1 aliphatic heterocycles. The van der Waals surface area contributed by atoms with Crippen molar-refractivity contribution < 1.29 is 4.79 Å². The van der Waals surface area contributed by atoms with Gasteiger partial charge in [-0.05, 0) is 37.4 Å². The van der Waals surface area contributed by atoms with Crippen LogP contribution in [0.2, 0.25) is 0 Å². The Balaban J connectivity index is 1.98. The predicted octanol–water partition coefficient (Wildman–Crippen LogP) is 1.97. The maximum absolute atomic E-state index is 11.8. The molecule has 1 amide bonds. The molecule has 0 spiro atoms. The molecule has 2 heterocycles. The summed E-state index contributed by atoms with van der Waals surface area (Å²) in [7, 11) is 1.64. The molecular formula is C16H26N4O. The number of rotatable bonds is 6. The predicted molar refractivity (Wildman–Crippen MR) is 85.5 cm³/mol. The van der Waals surface area contributed by atoms with Crippen LogP contribution in [0.5, 0.6) is 0 Å². The summed E-state index contributed by atoms with van der Waals surface area (Å²) in [5.74, 6) is 1.26. The normalized spacial score (nSPS) is 19.0. The smallest absolute Gasteiger partial charge is 0.254 e. The van der Waals surface area contributed by atoms with Gasteiger partial charge in [0.15, 0.2) is 0 Å². The second kappa shape index (κ2) is 7.41. The van der Waals surface area contributed by atoms with E-state index in [0.717, 1.165) is 13.1 Å². The maximum atomic E-state index is 11.8. The third-order valence-electron chi connectivity index (χ3n) is 3.88. The van der Waals surface area contributed by atoms with Gasteiger partial charge in [-0.25, -0.2) is 4.98 Å². The number of amides is 1. The van der Waals surface area contributed by atoms with Crippen LogP contribution in [0.25, 0.3) is 0 Å².